The van der Waals surface area contributed by atoms with Gasteiger partial charge in [0.05, 0.1) is 11.0 Å². The molecule has 0 aliphatic rings. The van der Waals surface area contributed by atoms with E-state index in [1.54, 1.807) is 6.20 Å². The smallest absolute Gasteiger partial charge is 0.240 e. The van der Waals surface area contributed by atoms with Crippen LogP contribution in [0, 0.1) is 0 Å². The number of nitrogens with one attached hydrogen (secondary N) is 1. The zero-order chi connectivity index (χ0) is 20.4. The van der Waals surface area contributed by atoms with Crippen LogP contribution in [0.3, 0.4) is 0 Å². The maximum Gasteiger partial charge on any atom is 0.240 e. The molecular formula is C22H22ClN5O. The topological polar surface area (TPSA) is 64.7 Å². The molecule has 2 heterocycles. The number of imidazole rings is 2. The molecule has 1 amide bonds. The van der Waals surface area contributed by atoms with Crippen LogP contribution in [0.5, 0.6) is 0 Å². The monoisotopic (exact) mass is 407 g/mol. The number of aromatic nitrogens is 4. The summed E-state index contributed by atoms with van der Waals surface area (Å²) in [5, 5.41) is 3.79. The van der Waals surface area contributed by atoms with Crippen LogP contribution < -0.4 is 5.32 Å². The van der Waals surface area contributed by atoms with Crippen molar-refractivity contribution in [3.05, 3.63) is 83.2 Å². The molecule has 0 aliphatic heterocycles. The fourth-order valence-corrected chi connectivity index (χ4v) is 3.66. The first-order valence-electron chi connectivity index (χ1n) is 9.53. The Bertz CT molecular complexity index is 1150. The van der Waals surface area contributed by atoms with Crippen LogP contribution in [0.4, 0.5) is 0 Å². The van der Waals surface area contributed by atoms with Crippen molar-refractivity contribution in [1.29, 1.82) is 0 Å². The number of hydrogen-bond donors (Lipinski definition) is 1. The number of para-hydroxylation sites is 2. The fraction of sp³-hybridized carbons (Fsp3) is 0.227. The van der Waals surface area contributed by atoms with E-state index < -0.39 is 0 Å². The Kier molecular flexibility index (Phi) is 5.36. The van der Waals surface area contributed by atoms with Crippen molar-refractivity contribution in [2.45, 2.75) is 25.9 Å². The van der Waals surface area contributed by atoms with Gasteiger partial charge in [-0.2, -0.15) is 0 Å². The lowest BCUT2D eigenvalue weighted by Gasteiger charge is -2.20. The average Bonchev–Trinajstić information content (AvgIpc) is 3.30. The standard InChI is InChI=1S/C22H22ClN5O/c1-3-19-25-17-6-4-5-7-18(17)28(19)14-20(29)26-21(22-24-12-13-27(22)2)15-8-10-16(23)11-9-15/h4-13,21H,3,14H2,1-2H3,(H,26,29). The molecule has 4 aromatic rings. The summed E-state index contributed by atoms with van der Waals surface area (Å²) in [6.45, 7) is 2.23. The van der Waals surface area contributed by atoms with Crippen molar-refractivity contribution in [1.82, 2.24) is 24.4 Å². The second-order valence-electron chi connectivity index (χ2n) is 6.90. The first-order chi connectivity index (χ1) is 14.1. The van der Waals surface area contributed by atoms with E-state index in [0.717, 1.165) is 34.7 Å². The van der Waals surface area contributed by atoms with Gasteiger partial charge < -0.3 is 14.5 Å². The molecule has 4 rings (SSSR count). The number of aryl methyl sites for hydroxylation is 2. The number of halogens is 1. The number of hydrogen-bond acceptors (Lipinski definition) is 3. The van der Waals surface area contributed by atoms with Crippen molar-refractivity contribution in [3.63, 3.8) is 0 Å². The van der Waals surface area contributed by atoms with Gasteiger partial charge in [0, 0.05) is 30.9 Å². The fourth-order valence-electron chi connectivity index (χ4n) is 3.53. The number of benzene rings is 2. The van der Waals surface area contributed by atoms with Crippen LogP contribution in [0.2, 0.25) is 5.02 Å². The van der Waals surface area contributed by atoms with E-state index in [1.165, 1.54) is 0 Å². The van der Waals surface area contributed by atoms with Gasteiger partial charge in [0.25, 0.3) is 0 Å². The van der Waals surface area contributed by atoms with Gasteiger partial charge in [-0.1, -0.05) is 42.8 Å². The van der Waals surface area contributed by atoms with E-state index in [9.17, 15) is 4.79 Å². The Morgan fingerprint density at radius 3 is 2.62 bits per heavy atom. The lowest BCUT2D eigenvalue weighted by atomic mass is 10.1. The summed E-state index contributed by atoms with van der Waals surface area (Å²) >= 11 is 6.04. The Morgan fingerprint density at radius 1 is 1.17 bits per heavy atom. The molecule has 1 atom stereocenters. The molecule has 0 spiro atoms. The second kappa shape index (κ2) is 8.09. The number of rotatable bonds is 6. The molecule has 0 bridgehead atoms. The van der Waals surface area contributed by atoms with Gasteiger partial charge in [0.1, 0.15) is 24.2 Å². The van der Waals surface area contributed by atoms with E-state index in [2.05, 4.69) is 15.3 Å². The summed E-state index contributed by atoms with van der Waals surface area (Å²) in [5.74, 6) is 1.54. The van der Waals surface area contributed by atoms with Crippen LogP contribution in [-0.2, 0) is 24.8 Å². The zero-order valence-corrected chi connectivity index (χ0v) is 17.1. The minimum atomic E-state index is -0.375. The third kappa shape index (κ3) is 3.89. The first kappa shape index (κ1) is 19.2. The van der Waals surface area contributed by atoms with E-state index in [4.69, 9.17) is 11.6 Å². The quantitative estimate of drug-likeness (QED) is 0.527. The maximum absolute atomic E-state index is 13.1. The minimum absolute atomic E-state index is 0.106. The van der Waals surface area contributed by atoms with E-state index in [0.29, 0.717) is 5.02 Å². The summed E-state index contributed by atoms with van der Waals surface area (Å²) in [4.78, 5) is 22.1. The Labute approximate surface area is 174 Å². The Morgan fingerprint density at radius 2 is 1.93 bits per heavy atom. The Hall–Kier alpha value is -3.12. The normalized spacial score (nSPS) is 12.2. The highest BCUT2D eigenvalue weighted by Crippen LogP contribution is 2.23. The predicted octanol–water partition coefficient (Wildman–Crippen LogP) is 3.89. The summed E-state index contributed by atoms with van der Waals surface area (Å²) in [6.07, 6.45) is 4.34. The van der Waals surface area contributed by atoms with E-state index in [-0.39, 0.29) is 18.5 Å². The second-order valence-corrected chi connectivity index (χ2v) is 7.34. The van der Waals surface area contributed by atoms with Gasteiger partial charge in [0.2, 0.25) is 5.91 Å². The van der Waals surface area contributed by atoms with Gasteiger partial charge in [-0.25, -0.2) is 9.97 Å². The highest BCUT2D eigenvalue weighted by molar-refractivity contribution is 6.30. The van der Waals surface area contributed by atoms with Crippen LogP contribution in [-0.4, -0.2) is 25.0 Å². The number of carbonyl (C=O) groups excluding carboxylic acids is 1. The molecule has 0 radical (unpaired) electrons. The van der Waals surface area contributed by atoms with Crippen molar-refractivity contribution in [3.8, 4) is 0 Å². The predicted molar refractivity (Wildman–Crippen MR) is 114 cm³/mol. The molecule has 7 heteroatoms. The largest absolute Gasteiger partial charge is 0.341 e. The highest BCUT2D eigenvalue weighted by Gasteiger charge is 2.22. The van der Waals surface area contributed by atoms with Crippen molar-refractivity contribution >= 4 is 28.5 Å². The van der Waals surface area contributed by atoms with Gasteiger partial charge in [-0.15, -0.1) is 0 Å². The number of fused-ring (bicyclic) bond motifs is 1. The molecule has 0 fully saturated rings. The molecule has 0 saturated carbocycles. The zero-order valence-electron chi connectivity index (χ0n) is 16.3. The summed E-state index contributed by atoms with van der Waals surface area (Å²) in [5.41, 5.74) is 2.78. The molecular weight excluding hydrogens is 386 g/mol. The third-order valence-corrected chi connectivity index (χ3v) is 5.23. The Balaban J connectivity index is 1.64. The summed E-state index contributed by atoms with van der Waals surface area (Å²) in [7, 11) is 1.91. The highest BCUT2D eigenvalue weighted by atomic mass is 35.5. The summed E-state index contributed by atoms with van der Waals surface area (Å²) < 4.78 is 3.88. The molecule has 1 N–H and O–H groups in total. The average molecular weight is 408 g/mol. The first-order valence-corrected chi connectivity index (χ1v) is 9.90. The van der Waals surface area contributed by atoms with Gasteiger partial charge >= 0.3 is 0 Å². The van der Waals surface area contributed by atoms with E-state index in [1.807, 2.05) is 77.8 Å². The van der Waals surface area contributed by atoms with E-state index >= 15 is 0 Å². The van der Waals surface area contributed by atoms with Crippen molar-refractivity contribution in [2.75, 3.05) is 0 Å². The van der Waals surface area contributed by atoms with Crippen LogP contribution in [0.1, 0.15) is 30.2 Å². The van der Waals surface area contributed by atoms with Crippen LogP contribution in [0.25, 0.3) is 11.0 Å². The molecule has 29 heavy (non-hydrogen) atoms. The minimum Gasteiger partial charge on any atom is -0.341 e. The van der Waals surface area contributed by atoms with Gasteiger partial charge in [0.15, 0.2) is 0 Å². The third-order valence-electron chi connectivity index (χ3n) is 4.98. The molecule has 2 aromatic heterocycles. The maximum atomic E-state index is 13.1. The molecule has 2 aromatic carbocycles. The van der Waals surface area contributed by atoms with Crippen LogP contribution in [0.15, 0.2) is 60.9 Å². The number of amides is 1. The molecule has 1 unspecified atom stereocenters. The van der Waals surface area contributed by atoms with Gasteiger partial charge in [-0.3, -0.25) is 4.79 Å². The molecule has 0 aliphatic carbocycles. The molecule has 0 saturated heterocycles. The molecule has 6 nitrogen and oxygen atoms in total. The van der Waals surface area contributed by atoms with Crippen LogP contribution >= 0.6 is 11.6 Å². The lowest BCUT2D eigenvalue weighted by Crippen LogP contribution is -2.34. The van der Waals surface area contributed by atoms with Crippen molar-refractivity contribution in [2.24, 2.45) is 7.05 Å². The summed E-state index contributed by atoms with van der Waals surface area (Å²) in [6, 6.07) is 14.9. The number of nitrogens with zero attached hydrogens (tertiary/aromatic N) is 4. The molecule has 148 valence electrons. The SMILES string of the molecule is CCc1nc2ccccc2n1CC(=O)NC(c1ccc(Cl)cc1)c1nccn1C. The van der Waals surface area contributed by atoms with Crippen molar-refractivity contribution < 1.29 is 4.79 Å². The van der Waals surface area contributed by atoms with Gasteiger partial charge in [-0.05, 0) is 29.8 Å². The lowest BCUT2D eigenvalue weighted by molar-refractivity contribution is -0.122. The number of carbonyl (C=O) groups is 1.